The van der Waals surface area contributed by atoms with E-state index in [2.05, 4.69) is 22.4 Å². The Kier molecular flexibility index (Phi) is 3.86. The van der Waals surface area contributed by atoms with Gasteiger partial charge in [-0.15, -0.1) is 0 Å². The number of ether oxygens (including phenoxy) is 1. The van der Waals surface area contributed by atoms with Gasteiger partial charge in [-0.1, -0.05) is 23.7 Å². The molecule has 3 aromatic rings. The van der Waals surface area contributed by atoms with Crippen LogP contribution in [0.3, 0.4) is 0 Å². The van der Waals surface area contributed by atoms with Gasteiger partial charge in [-0.2, -0.15) is 4.98 Å². The summed E-state index contributed by atoms with van der Waals surface area (Å²) in [4.78, 5) is 17.4. The summed E-state index contributed by atoms with van der Waals surface area (Å²) < 4.78 is 7.32. The molecule has 6 heteroatoms. The maximum atomic E-state index is 13.0. The fourth-order valence-corrected chi connectivity index (χ4v) is 3.77. The van der Waals surface area contributed by atoms with Crippen LogP contribution in [0.5, 0.6) is 5.75 Å². The molecule has 0 aliphatic heterocycles. The first-order valence-corrected chi connectivity index (χ1v) is 9.69. The molecule has 0 saturated heterocycles. The van der Waals surface area contributed by atoms with Gasteiger partial charge >= 0.3 is 5.69 Å². The van der Waals surface area contributed by atoms with Crippen LogP contribution in [0.15, 0.2) is 41.2 Å². The smallest absolute Gasteiger partial charge is 0.354 e. The summed E-state index contributed by atoms with van der Waals surface area (Å²) in [6.07, 6.45) is 4.53. The van der Waals surface area contributed by atoms with Crippen LogP contribution in [0.4, 0.5) is 5.82 Å². The molecular weight excluding hydrogens is 362 g/mol. The first kappa shape index (κ1) is 16.6. The van der Waals surface area contributed by atoms with E-state index in [9.17, 15) is 4.79 Å². The molecule has 0 bridgehead atoms. The van der Waals surface area contributed by atoms with Crippen LogP contribution in [0.2, 0.25) is 5.02 Å². The zero-order valence-corrected chi connectivity index (χ0v) is 15.8. The second-order valence-corrected chi connectivity index (χ2v) is 7.75. The molecule has 0 radical (unpaired) electrons. The fourth-order valence-electron chi connectivity index (χ4n) is 3.55. The van der Waals surface area contributed by atoms with E-state index in [0.29, 0.717) is 28.5 Å². The van der Waals surface area contributed by atoms with E-state index in [1.54, 1.807) is 17.7 Å². The predicted octanol–water partition coefficient (Wildman–Crippen LogP) is 4.50. The third-order valence-electron chi connectivity index (χ3n) is 5.26. The topological polar surface area (TPSA) is 56.1 Å². The molecule has 2 saturated carbocycles. The average molecular weight is 382 g/mol. The van der Waals surface area contributed by atoms with Gasteiger partial charge in [0.2, 0.25) is 0 Å². The number of aromatic nitrogens is 2. The highest BCUT2D eigenvalue weighted by Gasteiger charge is 2.28. The Morgan fingerprint density at radius 2 is 1.96 bits per heavy atom. The molecule has 0 atom stereocenters. The zero-order chi connectivity index (χ0) is 18.5. The number of benzene rings is 2. The molecule has 5 rings (SSSR count). The molecule has 2 aliphatic carbocycles. The van der Waals surface area contributed by atoms with E-state index in [-0.39, 0.29) is 5.69 Å². The number of nitrogens with zero attached hydrogens (tertiary/aromatic N) is 2. The monoisotopic (exact) mass is 381 g/mol. The quantitative estimate of drug-likeness (QED) is 0.707. The lowest BCUT2D eigenvalue weighted by Gasteiger charge is -2.18. The van der Waals surface area contributed by atoms with Crippen molar-refractivity contribution in [3.8, 4) is 11.4 Å². The molecule has 27 heavy (non-hydrogen) atoms. The van der Waals surface area contributed by atoms with Crippen molar-refractivity contribution in [2.75, 3.05) is 12.4 Å². The Labute approximate surface area is 161 Å². The van der Waals surface area contributed by atoms with E-state index in [4.69, 9.17) is 16.3 Å². The molecular formula is C21H20ClN3O2. The Morgan fingerprint density at radius 1 is 1.19 bits per heavy atom. The maximum Gasteiger partial charge on any atom is 0.354 e. The minimum atomic E-state index is -0.339. The number of anilines is 1. The molecule has 5 nitrogen and oxygen atoms in total. The summed E-state index contributed by atoms with van der Waals surface area (Å²) in [6.45, 7) is 0. The molecule has 1 N–H and O–H groups in total. The van der Waals surface area contributed by atoms with Crippen LogP contribution in [-0.4, -0.2) is 22.7 Å². The van der Waals surface area contributed by atoms with Crippen molar-refractivity contribution < 1.29 is 4.74 Å². The highest BCUT2D eigenvalue weighted by Crippen LogP contribution is 2.44. The SMILES string of the molecule is COc1cc(C2CC2)cc2c1c(NC1CC1)nc(=O)n2-c1ccccc1Cl. The Balaban J connectivity index is 1.86. The minimum absolute atomic E-state index is 0.339. The Hall–Kier alpha value is -2.53. The van der Waals surface area contributed by atoms with Crippen LogP contribution in [0.25, 0.3) is 16.6 Å². The molecule has 2 aliphatic rings. The summed E-state index contributed by atoms with van der Waals surface area (Å²) in [7, 11) is 1.66. The molecule has 0 amide bonds. The number of halogens is 1. The number of methoxy groups -OCH3 is 1. The van der Waals surface area contributed by atoms with Crippen LogP contribution >= 0.6 is 11.6 Å². The third-order valence-corrected chi connectivity index (χ3v) is 5.58. The van der Waals surface area contributed by atoms with Gasteiger partial charge < -0.3 is 10.1 Å². The highest BCUT2D eigenvalue weighted by molar-refractivity contribution is 6.32. The fraction of sp³-hybridized carbons (Fsp3) is 0.333. The number of para-hydroxylation sites is 1. The van der Waals surface area contributed by atoms with Crippen molar-refractivity contribution in [1.29, 1.82) is 0 Å². The zero-order valence-electron chi connectivity index (χ0n) is 15.0. The first-order valence-electron chi connectivity index (χ1n) is 9.32. The average Bonchev–Trinajstić information content (AvgIpc) is 3.55. The van der Waals surface area contributed by atoms with E-state index in [1.165, 1.54) is 18.4 Å². The van der Waals surface area contributed by atoms with E-state index in [0.717, 1.165) is 29.5 Å². The van der Waals surface area contributed by atoms with Gasteiger partial charge in [0.1, 0.15) is 11.6 Å². The number of fused-ring (bicyclic) bond motifs is 1. The van der Waals surface area contributed by atoms with Gasteiger partial charge in [-0.3, -0.25) is 4.57 Å². The Morgan fingerprint density at radius 3 is 2.63 bits per heavy atom. The van der Waals surface area contributed by atoms with Crippen LogP contribution < -0.4 is 15.7 Å². The van der Waals surface area contributed by atoms with Gasteiger partial charge in [-0.05, 0) is 61.4 Å². The predicted molar refractivity (Wildman–Crippen MR) is 108 cm³/mol. The number of hydrogen-bond donors (Lipinski definition) is 1. The molecule has 0 spiro atoms. The summed E-state index contributed by atoms with van der Waals surface area (Å²) >= 11 is 6.42. The second-order valence-electron chi connectivity index (χ2n) is 7.34. The normalized spacial score (nSPS) is 16.5. The van der Waals surface area contributed by atoms with Gasteiger partial charge in [0.05, 0.1) is 28.7 Å². The Bertz CT molecular complexity index is 1100. The van der Waals surface area contributed by atoms with Crippen LogP contribution in [-0.2, 0) is 0 Å². The molecule has 1 heterocycles. The summed E-state index contributed by atoms with van der Waals surface area (Å²) in [6, 6.07) is 11.9. The number of nitrogens with one attached hydrogen (secondary N) is 1. The summed E-state index contributed by atoms with van der Waals surface area (Å²) in [5.74, 6) is 1.87. The van der Waals surface area contributed by atoms with Gasteiger partial charge in [-0.25, -0.2) is 4.79 Å². The van der Waals surface area contributed by atoms with Gasteiger partial charge in [0.25, 0.3) is 0 Å². The number of hydrogen-bond acceptors (Lipinski definition) is 4. The maximum absolute atomic E-state index is 13.0. The first-order chi connectivity index (χ1) is 13.2. The third kappa shape index (κ3) is 2.96. The van der Waals surface area contributed by atoms with Gasteiger partial charge in [0.15, 0.2) is 0 Å². The highest BCUT2D eigenvalue weighted by atomic mass is 35.5. The molecule has 1 aromatic heterocycles. The van der Waals surface area contributed by atoms with Crippen LogP contribution in [0.1, 0.15) is 37.2 Å². The van der Waals surface area contributed by atoms with E-state index < -0.39 is 0 Å². The lowest BCUT2D eigenvalue weighted by atomic mass is 10.1. The van der Waals surface area contributed by atoms with E-state index >= 15 is 0 Å². The van der Waals surface area contributed by atoms with Crippen molar-refractivity contribution in [3.63, 3.8) is 0 Å². The molecule has 138 valence electrons. The molecule has 2 aromatic carbocycles. The van der Waals surface area contributed by atoms with Crippen molar-refractivity contribution in [2.24, 2.45) is 0 Å². The van der Waals surface area contributed by atoms with Crippen molar-refractivity contribution in [3.05, 3.63) is 57.5 Å². The largest absolute Gasteiger partial charge is 0.496 e. The van der Waals surface area contributed by atoms with Crippen molar-refractivity contribution >= 4 is 28.3 Å². The van der Waals surface area contributed by atoms with Gasteiger partial charge in [0, 0.05) is 6.04 Å². The lowest BCUT2D eigenvalue weighted by Crippen LogP contribution is -2.24. The molecule has 0 unspecified atom stereocenters. The standard InChI is InChI=1S/C21H20ClN3O2/c1-27-18-11-13(12-6-7-12)10-17-19(18)20(23-14-8-9-14)24-21(26)25(17)16-5-3-2-4-15(16)22/h2-5,10-12,14H,6-9H2,1H3,(H,23,24,26). The van der Waals surface area contributed by atoms with Crippen LogP contribution in [0, 0.1) is 0 Å². The van der Waals surface area contributed by atoms with Crippen molar-refractivity contribution in [2.45, 2.75) is 37.6 Å². The molecule has 2 fully saturated rings. The summed E-state index contributed by atoms with van der Waals surface area (Å²) in [5, 5.41) is 4.74. The lowest BCUT2D eigenvalue weighted by molar-refractivity contribution is 0.419. The second kappa shape index (κ2) is 6.27. The van der Waals surface area contributed by atoms with E-state index in [1.807, 2.05) is 18.2 Å². The van der Waals surface area contributed by atoms with Crippen molar-refractivity contribution in [1.82, 2.24) is 9.55 Å². The number of rotatable bonds is 5. The summed E-state index contributed by atoms with van der Waals surface area (Å²) in [5.41, 5.74) is 2.28. The minimum Gasteiger partial charge on any atom is -0.496 e.